The number of hydrogen-bond acceptors (Lipinski definition) is 5. The van der Waals surface area contributed by atoms with Crippen molar-refractivity contribution >= 4 is 13.8 Å². The van der Waals surface area contributed by atoms with Crippen LogP contribution in [0.25, 0.3) is 0 Å². The van der Waals surface area contributed by atoms with Crippen molar-refractivity contribution in [3.05, 3.63) is 0 Å². The molecule has 0 aliphatic heterocycles. The van der Waals surface area contributed by atoms with E-state index >= 15 is 0 Å². The fourth-order valence-electron chi connectivity index (χ4n) is 0.526. The van der Waals surface area contributed by atoms with Crippen molar-refractivity contribution in [1.29, 1.82) is 0 Å². The molecule has 5 N–H and O–H groups in total. The second-order valence-electron chi connectivity index (χ2n) is 2.10. The predicted octanol–water partition coefficient (Wildman–Crippen LogP) is -2.10. The van der Waals surface area contributed by atoms with Gasteiger partial charge in [0.05, 0.1) is 6.61 Å². The zero-order valence-corrected chi connectivity index (χ0v) is 7.16. The average molecular weight is 216 g/mol. The van der Waals surface area contributed by atoms with Gasteiger partial charge >= 0.3 is 13.8 Å². The highest BCUT2D eigenvalue weighted by Crippen LogP contribution is 2.38. The van der Waals surface area contributed by atoms with Gasteiger partial charge in [0.2, 0.25) is 0 Å². The van der Waals surface area contributed by atoms with Crippen molar-refractivity contribution < 1.29 is 39.0 Å². The Morgan fingerprint density at radius 2 is 1.92 bits per heavy atom. The lowest BCUT2D eigenvalue weighted by molar-refractivity contribution is -0.153. The van der Waals surface area contributed by atoms with Gasteiger partial charge in [-0.3, -0.25) is 4.52 Å². The quantitative estimate of drug-likeness (QED) is 0.328. The van der Waals surface area contributed by atoms with Crippen LogP contribution >= 0.6 is 7.82 Å². The van der Waals surface area contributed by atoms with Crippen LogP contribution < -0.4 is 0 Å². The Labute approximate surface area is 72.6 Å². The minimum absolute atomic E-state index is 1.02. The molecule has 2 atom stereocenters. The summed E-state index contributed by atoms with van der Waals surface area (Å²) in [4.78, 5) is 26.5. The van der Waals surface area contributed by atoms with Gasteiger partial charge in [-0.2, -0.15) is 0 Å². The highest BCUT2D eigenvalue weighted by Gasteiger charge is 2.32. The summed E-state index contributed by atoms with van der Waals surface area (Å²) in [6.07, 6.45) is -4.03. The van der Waals surface area contributed by atoms with Gasteiger partial charge in [-0.15, -0.1) is 0 Å². The molecule has 0 fully saturated rings. The Balaban J connectivity index is 4.35. The molecule has 0 aromatic heterocycles. The van der Waals surface area contributed by atoms with Gasteiger partial charge in [0.15, 0.2) is 6.10 Å². The third kappa shape index (κ3) is 4.94. The van der Waals surface area contributed by atoms with E-state index in [2.05, 4.69) is 4.52 Å². The first-order valence-corrected chi connectivity index (χ1v) is 4.56. The fraction of sp³-hybridized carbons (Fsp3) is 0.750. The van der Waals surface area contributed by atoms with E-state index in [0.29, 0.717) is 0 Å². The van der Waals surface area contributed by atoms with Gasteiger partial charge in [-0.05, 0) is 0 Å². The summed E-state index contributed by atoms with van der Waals surface area (Å²) in [6.45, 7) is -1.02. The fourth-order valence-corrected chi connectivity index (χ4v) is 1.06. The standard InChI is InChI=1S/C4H9O8P/c5-1-2(3(6)4(7)8)12-13(9,10)11/h2-3,5-6H,1H2,(H,7,8)(H2,9,10,11)/t2-,3-/m1/s1. The van der Waals surface area contributed by atoms with Crippen LogP contribution in [0.5, 0.6) is 0 Å². The first-order chi connectivity index (χ1) is 5.78. The van der Waals surface area contributed by atoms with Crippen LogP contribution in [0.4, 0.5) is 0 Å². The van der Waals surface area contributed by atoms with Crippen LogP contribution in [-0.4, -0.2) is 49.9 Å². The molecule has 0 saturated heterocycles. The molecule has 0 spiro atoms. The smallest absolute Gasteiger partial charge is 0.470 e. The number of rotatable bonds is 5. The van der Waals surface area contributed by atoms with Crippen LogP contribution in [0, 0.1) is 0 Å². The summed E-state index contributed by atoms with van der Waals surface area (Å²) in [7, 11) is -4.92. The van der Waals surface area contributed by atoms with E-state index in [0.717, 1.165) is 0 Å². The highest BCUT2D eigenvalue weighted by molar-refractivity contribution is 7.46. The van der Waals surface area contributed by atoms with Crippen molar-refractivity contribution in [2.24, 2.45) is 0 Å². The molecule has 0 aliphatic carbocycles. The van der Waals surface area contributed by atoms with Gasteiger partial charge in [0.25, 0.3) is 0 Å². The molecule has 0 unspecified atom stereocenters. The number of aliphatic hydroxyl groups is 2. The monoisotopic (exact) mass is 216 g/mol. The van der Waals surface area contributed by atoms with Crippen molar-refractivity contribution in [2.45, 2.75) is 12.2 Å². The van der Waals surface area contributed by atoms with Crippen LogP contribution in [0.1, 0.15) is 0 Å². The van der Waals surface area contributed by atoms with Gasteiger partial charge in [-0.1, -0.05) is 0 Å². The molecular formula is C4H9O8P. The first kappa shape index (κ1) is 12.5. The number of aliphatic hydroxyl groups excluding tert-OH is 2. The third-order valence-electron chi connectivity index (χ3n) is 1.06. The van der Waals surface area contributed by atoms with E-state index in [9.17, 15) is 9.36 Å². The molecular weight excluding hydrogens is 207 g/mol. The zero-order valence-electron chi connectivity index (χ0n) is 6.27. The number of carboxylic acids is 1. The maximum Gasteiger partial charge on any atom is 0.470 e. The second kappa shape index (κ2) is 4.66. The molecule has 8 nitrogen and oxygen atoms in total. The predicted molar refractivity (Wildman–Crippen MR) is 37.6 cm³/mol. The molecule has 0 aromatic carbocycles. The lowest BCUT2D eigenvalue weighted by atomic mass is 10.2. The van der Waals surface area contributed by atoms with E-state index in [1.807, 2.05) is 0 Å². The largest absolute Gasteiger partial charge is 0.479 e. The molecule has 0 amide bonds. The minimum atomic E-state index is -4.92. The Hall–Kier alpha value is -0.500. The maximum atomic E-state index is 10.2. The zero-order chi connectivity index (χ0) is 10.6. The van der Waals surface area contributed by atoms with E-state index in [1.165, 1.54) is 0 Å². The molecule has 0 saturated carbocycles. The van der Waals surface area contributed by atoms with Crippen molar-refractivity contribution in [3.8, 4) is 0 Å². The summed E-state index contributed by atoms with van der Waals surface area (Å²) < 4.78 is 14.0. The summed E-state index contributed by atoms with van der Waals surface area (Å²) in [6, 6.07) is 0. The van der Waals surface area contributed by atoms with E-state index < -0.39 is 32.6 Å². The topological polar surface area (TPSA) is 145 Å². The first-order valence-electron chi connectivity index (χ1n) is 3.03. The molecule has 0 radical (unpaired) electrons. The number of carboxylic acid groups (broad SMARTS) is 1. The summed E-state index contributed by atoms with van der Waals surface area (Å²) in [5, 5.41) is 25.3. The lowest BCUT2D eigenvalue weighted by Crippen LogP contribution is -2.37. The number of carbonyl (C=O) groups is 1. The van der Waals surface area contributed by atoms with Gasteiger partial charge < -0.3 is 25.1 Å². The number of hydrogen-bond donors (Lipinski definition) is 5. The molecule has 0 aromatic rings. The Morgan fingerprint density at radius 3 is 2.15 bits per heavy atom. The van der Waals surface area contributed by atoms with Crippen LogP contribution in [-0.2, 0) is 13.9 Å². The van der Waals surface area contributed by atoms with Crippen molar-refractivity contribution in [1.82, 2.24) is 0 Å². The van der Waals surface area contributed by atoms with Crippen LogP contribution in [0.2, 0.25) is 0 Å². The normalized spacial score (nSPS) is 16.6. The SMILES string of the molecule is O=C(O)[C@H](O)[C@@H](CO)OP(=O)(O)O. The summed E-state index contributed by atoms with van der Waals surface area (Å²) in [5.41, 5.74) is 0. The molecule has 0 heterocycles. The highest BCUT2D eigenvalue weighted by atomic mass is 31.2. The summed E-state index contributed by atoms with van der Waals surface area (Å²) >= 11 is 0. The molecule has 0 rings (SSSR count). The lowest BCUT2D eigenvalue weighted by Gasteiger charge is -2.17. The van der Waals surface area contributed by atoms with Crippen molar-refractivity contribution in [3.63, 3.8) is 0 Å². The second-order valence-corrected chi connectivity index (χ2v) is 3.29. The molecule has 78 valence electrons. The molecule has 13 heavy (non-hydrogen) atoms. The van der Waals surface area contributed by atoms with Gasteiger partial charge in [-0.25, -0.2) is 9.36 Å². The molecule has 0 bridgehead atoms. The van der Waals surface area contributed by atoms with Crippen molar-refractivity contribution in [2.75, 3.05) is 6.61 Å². The summed E-state index contributed by atoms with van der Waals surface area (Å²) in [5.74, 6) is -1.74. The Morgan fingerprint density at radius 1 is 1.46 bits per heavy atom. The van der Waals surface area contributed by atoms with Crippen LogP contribution in [0.3, 0.4) is 0 Å². The number of phosphoric acid groups is 1. The van der Waals surface area contributed by atoms with E-state index in [4.69, 9.17) is 25.1 Å². The van der Waals surface area contributed by atoms with Crippen LogP contribution in [0.15, 0.2) is 0 Å². The molecule has 0 aliphatic rings. The third-order valence-corrected chi connectivity index (χ3v) is 1.60. The van der Waals surface area contributed by atoms with Gasteiger partial charge in [0.1, 0.15) is 6.10 Å². The number of phosphoric ester groups is 1. The minimum Gasteiger partial charge on any atom is -0.479 e. The maximum absolute atomic E-state index is 10.2. The molecule has 9 heteroatoms. The Kier molecular flexibility index (Phi) is 4.48. The average Bonchev–Trinajstić information content (AvgIpc) is 1.97. The van der Waals surface area contributed by atoms with Gasteiger partial charge in [0, 0.05) is 0 Å². The van der Waals surface area contributed by atoms with E-state index in [1.54, 1.807) is 0 Å². The Bertz CT molecular complexity index is 220. The number of aliphatic carboxylic acids is 1. The van der Waals surface area contributed by atoms with E-state index in [-0.39, 0.29) is 0 Å².